The minimum Gasteiger partial charge on any atom is -0.335 e. The average molecular weight is 210 g/mol. The first-order valence-electron chi connectivity index (χ1n) is 5.07. The Kier molecular flexibility index (Phi) is 3.81. The van der Waals surface area contributed by atoms with Gasteiger partial charge in [0.15, 0.2) is 0 Å². The van der Waals surface area contributed by atoms with Gasteiger partial charge < -0.3 is 4.98 Å². The molecule has 1 aromatic heterocycles. The first-order chi connectivity index (χ1) is 6.52. The van der Waals surface area contributed by atoms with E-state index >= 15 is 0 Å². The SMILES string of the molecule is CC(C)C(c1nccc(=S)[nH]1)C(C)C. The smallest absolute Gasteiger partial charge is 0.110 e. The molecular weight excluding hydrogens is 192 g/mol. The second kappa shape index (κ2) is 4.69. The van der Waals surface area contributed by atoms with Crippen LogP contribution in [0.2, 0.25) is 0 Å². The first-order valence-corrected chi connectivity index (χ1v) is 5.48. The molecule has 0 fully saturated rings. The normalized spacial score (nSPS) is 11.6. The molecule has 1 N–H and O–H groups in total. The van der Waals surface area contributed by atoms with Gasteiger partial charge in [-0.15, -0.1) is 0 Å². The van der Waals surface area contributed by atoms with E-state index in [-0.39, 0.29) is 0 Å². The second-order valence-corrected chi connectivity index (χ2v) is 4.77. The number of nitrogens with one attached hydrogen (secondary N) is 1. The average Bonchev–Trinajstić information content (AvgIpc) is 2.02. The monoisotopic (exact) mass is 210 g/mol. The summed E-state index contributed by atoms with van der Waals surface area (Å²) in [5.41, 5.74) is 0. The van der Waals surface area contributed by atoms with Gasteiger partial charge in [-0.3, -0.25) is 0 Å². The highest BCUT2D eigenvalue weighted by Crippen LogP contribution is 2.28. The van der Waals surface area contributed by atoms with Crippen molar-refractivity contribution >= 4 is 12.2 Å². The van der Waals surface area contributed by atoms with Crippen molar-refractivity contribution in [2.45, 2.75) is 33.6 Å². The summed E-state index contributed by atoms with van der Waals surface area (Å²) in [6.07, 6.45) is 1.78. The Bertz CT molecular complexity index is 333. The molecule has 14 heavy (non-hydrogen) atoms. The van der Waals surface area contributed by atoms with Gasteiger partial charge in [0.05, 0.1) is 0 Å². The molecule has 2 nitrogen and oxygen atoms in total. The summed E-state index contributed by atoms with van der Waals surface area (Å²) < 4.78 is 0.765. The van der Waals surface area contributed by atoms with Crippen LogP contribution >= 0.6 is 12.2 Å². The fourth-order valence-electron chi connectivity index (χ4n) is 1.96. The van der Waals surface area contributed by atoms with E-state index < -0.39 is 0 Å². The van der Waals surface area contributed by atoms with Crippen LogP contribution in [0.25, 0.3) is 0 Å². The van der Waals surface area contributed by atoms with Crippen LogP contribution in [0.15, 0.2) is 12.3 Å². The summed E-state index contributed by atoms with van der Waals surface area (Å²) in [7, 11) is 0. The van der Waals surface area contributed by atoms with Crippen molar-refractivity contribution in [1.82, 2.24) is 9.97 Å². The van der Waals surface area contributed by atoms with Gasteiger partial charge in [-0.25, -0.2) is 4.98 Å². The van der Waals surface area contributed by atoms with Crippen molar-refractivity contribution < 1.29 is 0 Å². The Labute approximate surface area is 90.8 Å². The number of aromatic amines is 1. The van der Waals surface area contributed by atoms with Crippen LogP contribution in [0.4, 0.5) is 0 Å². The van der Waals surface area contributed by atoms with Crippen molar-refractivity contribution in [1.29, 1.82) is 0 Å². The van der Waals surface area contributed by atoms with Crippen LogP contribution in [0.3, 0.4) is 0 Å². The molecule has 0 aliphatic rings. The van der Waals surface area contributed by atoms with Crippen molar-refractivity contribution in [3.8, 4) is 0 Å². The van der Waals surface area contributed by atoms with Crippen molar-refractivity contribution in [3.63, 3.8) is 0 Å². The van der Waals surface area contributed by atoms with Gasteiger partial charge in [-0.1, -0.05) is 39.9 Å². The van der Waals surface area contributed by atoms with Gasteiger partial charge in [0.25, 0.3) is 0 Å². The summed E-state index contributed by atoms with van der Waals surface area (Å²) in [6, 6.07) is 1.82. The number of H-pyrrole nitrogens is 1. The number of hydrogen-bond donors (Lipinski definition) is 1. The summed E-state index contributed by atoms with van der Waals surface area (Å²) in [5, 5.41) is 0. The molecule has 1 aromatic rings. The van der Waals surface area contributed by atoms with Crippen LogP contribution < -0.4 is 0 Å². The molecule has 0 saturated carbocycles. The lowest BCUT2D eigenvalue weighted by atomic mass is 9.85. The molecule has 0 aliphatic heterocycles. The quantitative estimate of drug-likeness (QED) is 0.773. The largest absolute Gasteiger partial charge is 0.335 e. The van der Waals surface area contributed by atoms with E-state index in [1.165, 1.54) is 0 Å². The number of rotatable bonds is 3. The van der Waals surface area contributed by atoms with Gasteiger partial charge in [0.1, 0.15) is 10.5 Å². The molecule has 0 unspecified atom stereocenters. The molecular formula is C11H18N2S. The highest BCUT2D eigenvalue weighted by Gasteiger charge is 2.21. The Morgan fingerprint density at radius 3 is 2.21 bits per heavy atom. The van der Waals surface area contributed by atoms with Crippen LogP contribution in [0.5, 0.6) is 0 Å². The molecule has 0 radical (unpaired) electrons. The Morgan fingerprint density at radius 1 is 1.21 bits per heavy atom. The summed E-state index contributed by atoms with van der Waals surface area (Å²) >= 11 is 5.10. The molecule has 3 heteroatoms. The summed E-state index contributed by atoms with van der Waals surface area (Å²) in [4.78, 5) is 7.53. The molecule has 1 heterocycles. The Hall–Kier alpha value is -0.700. The predicted molar refractivity (Wildman–Crippen MR) is 61.8 cm³/mol. The van der Waals surface area contributed by atoms with Gasteiger partial charge >= 0.3 is 0 Å². The van der Waals surface area contributed by atoms with E-state index in [1.807, 2.05) is 6.07 Å². The van der Waals surface area contributed by atoms with E-state index in [4.69, 9.17) is 12.2 Å². The number of aromatic nitrogens is 2. The second-order valence-electron chi connectivity index (χ2n) is 4.33. The lowest BCUT2D eigenvalue weighted by Crippen LogP contribution is -2.16. The Balaban J connectivity index is 3.05. The maximum Gasteiger partial charge on any atom is 0.110 e. The van der Waals surface area contributed by atoms with E-state index in [1.54, 1.807) is 6.20 Å². The number of nitrogens with zero attached hydrogens (tertiary/aromatic N) is 1. The third-order valence-electron chi connectivity index (χ3n) is 2.44. The fourth-order valence-corrected chi connectivity index (χ4v) is 2.12. The maximum atomic E-state index is 5.10. The topological polar surface area (TPSA) is 28.7 Å². The molecule has 0 aromatic carbocycles. The zero-order valence-corrected chi connectivity index (χ0v) is 10.1. The highest BCUT2D eigenvalue weighted by molar-refractivity contribution is 7.71. The molecule has 0 saturated heterocycles. The molecule has 78 valence electrons. The standard InChI is InChI=1S/C11H18N2S/c1-7(2)10(8(3)4)11-12-6-5-9(14)13-11/h5-8,10H,1-4H3,(H,12,13,14). The molecule has 0 atom stereocenters. The Morgan fingerprint density at radius 2 is 1.79 bits per heavy atom. The van der Waals surface area contributed by atoms with Gasteiger partial charge in [0.2, 0.25) is 0 Å². The first kappa shape index (κ1) is 11.4. The molecule has 0 bridgehead atoms. The predicted octanol–water partition coefficient (Wildman–Crippen LogP) is 3.53. The van der Waals surface area contributed by atoms with Crippen LogP contribution in [-0.4, -0.2) is 9.97 Å². The molecule has 0 aliphatic carbocycles. The fraction of sp³-hybridized carbons (Fsp3) is 0.636. The zero-order chi connectivity index (χ0) is 10.7. The molecule has 0 spiro atoms. The lowest BCUT2D eigenvalue weighted by molar-refractivity contribution is 0.371. The maximum absolute atomic E-state index is 5.10. The highest BCUT2D eigenvalue weighted by atomic mass is 32.1. The third-order valence-corrected chi connectivity index (χ3v) is 2.68. The van der Waals surface area contributed by atoms with Gasteiger partial charge in [0, 0.05) is 12.1 Å². The lowest BCUT2D eigenvalue weighted by Gasteiger charge is -2.23. The van der Waals surface area contributed by atoms with Crippen molar-refractivity contribution in [3.05, 3.63) is 22.7 Å². The minimum atomic E-state index is 0.456. The zero-order valence-electron chi connectivity index (χ0n) is 9.24. The van der Waals surface area contributed by atoms with Crippen LogP contribution in [0, 0.1) is 16.5 Å². The molecule has 0 amide bonds. The van der Waals surface area contributed by atoms with Gasteiger partial charge in [-0.05, 0) is 17.9 Å². The van der Waals surface area contributed by atoms with Gasteiger partial charge in [-0.2, -0.15) is 0 Å². The van der Waals surface area contributed by atoms with Crippen LogP contribution in [-0.2, 0) is 0 Å². The summed E-state index contributed by atoms with van der Waals surface area (Å²) in [6.45, 7) is 8.87. The van der Waals surface area contributed by atoms with Crippen molar-refractivity contribution in [2.75, 3.05) is 0 Å². The number of hydrogen-bond acceptors (Lipinski definition) is 2. The van der Waals surface area contributed by atoms with Crippen molar-refractivity contribution in [2.24, 2.45) is 11.8 Å². The summed E-state index contributed by atoms with van der Waals surface area (Å²) in [5.74, 6) is 2.63. The third kappa shape index (κ3) is 2.64. The van der Waals surface area contributed by atoms with E-state index in [0.29, 0.717) is 17.8 Å². The van der Waals surface area contributed by atoms with E-state index in [0.717, 1.165) is 10.5 Å². The van der Waals surface area contributed by atoms with E-state index in [9.17, 15) is 0 Å². The van der Waals surface area contributed by atoms with E-state index in [2.05, 4.69) is 37.7 Å². The molecule has 1 rings (SSSR count). The minimum absolute atomic E-state index is 0.456. The van der Waals surface area contributed by atoms with Crippen LogP contribution in [0.1, 0.15) is 39.4 Å².